The maximum absolute atomic E-state index is 14.4. The van der Waals surface area contributed by atoms with E-state index in [0.717, 1.165) is 5.56 Å². The minimum Gasteiger partial charge on any atom is -0.381 e. The lowest BCUT2D eigenvalue weighted by Gasteiger charge is -2.29. The van der Waals surface area contributed by atoms with Crippen molar-refractivity contribution in [3.8, 4) is 0 Å². The van der Waals surface area contributed by atoms with E-state index in [4.69, 9.17) is 12.2 Å². The normalized spacial score (nSPS) is 13.9. The molecule has 9 heteroatoms. The van der Waals surface area contributed by atoms with E-state index in [1.807, 2.05) is 0 Å². The molecule has 7 nitrogen and oxygen atoms in total. The molecule has 1 aromatic carbocycles. The van der Waals surface area contributed by atoms with Crippen molar-refractivity contribution in [2.24, 2.45) is 0 Å². The van der Waals surface area contributed by atoms with Gasteiger partial charge in [0.05, 0.1) is 13.1 Å². The van der Waals surface area contributed by atoms with E-state index < -0.39 is 11.4 Å². The number of aliphatic hydroxyl groups is 1. The number of benzene rings is 1. The summed E-state index contributed by atoms with van der Waals surface area (Å²) in [4.78, 5) is 7.76. The molecule has 0 radical (unpaired) electrons. The molecule has 1 atom stereocenters. The van der Waals surface area contributed by atoms with Crippen LogP contribution in [-0.2, 0) is 18.7 Å². The number of halogens is 1. The third-order valence-electron chi connectivity index (χ3n) is 3.56. The van der Waals surface area contributed by atoms with Crippen LogP contribution in [0.15, 0.2) is 37.2 Å². The summed E-state index contributed by atoms with van der Waals surface area (Å²) >= 11 is 5.09. The van der Waals surface area contributed by atoms with E-state index in [1.165, 1.54) is 34.4 Å². The summed E-state index contributed by atoms with van der Waals surface area (Å²) in [6.45, 7) is 1.81. The molecule has 2 N–H and O–H groups in total. The fourth-order valence-electron chi connectivity index (χ4n) is 2.45. The highest BCUT2D eigenvalue weighted by atomic mass is 32.1. The van der Waals surface area contributed by atoms with Gasteiger partial charge in [0.2, 0.25) is 4.77 Å². The number of rotatable bonds is 5. The van der Waals surface area contributed by atoms with E-state index in [1.54, 1.807) is 19.1 Å². The quantitative estimate of drug-likeness (QED) is 0.692. The van der Waals surface area contributed by atoms with Gasteiger partial charge < -0.3 is 5.11 Å². The number of aryl methyl sites for hydroxylation is 1. The van der Waals surface area contributed by atoms with Crippen LogP contribution in [0.3, 0.4) is 0 Å². The van der Waals surface area contributed by atoms with Crippen molar-refractivity contribution in [1.82, 2.24) is 29.5 Å². The molecule has 0 spiro atoms. The Balaban J connectivity index is 2.05. The van der Waals surface area contributed by atoms with Crippen molar-refractivity contribution in [2.45, 2.75) is 25.6 Å². The van der Waals surface area contributed by atoms with Gasteiger partial charge in [0.1, 0.15) is 30.4 Å². The Kier molecular flexibility index (Phi) is 4.05. The van der Waals surface area contributed by atoms with Gasteiger partial charge in [-0.05, 0) is 30.8 Å². The topological polar surface area (TPSA) is 84.5 Å². The molecular formula is C14H15FN6OS. The second kappa shape index (κ2) is 6.01. The summed E-state index contributed by atoms with van der Waals surface area (Å²) in [5.41, 5.74) is -0.640. The van der Waals surface area contributed by atoms with Gasteiger partial charge in [-0.15, -0.1) is 0 Å². The lowest BCUT2D eigenvalue weighted by molar-refractivity contribution is -0.00885. The number of H-pyrrole nitrogens is 1. The fraction of sp³-hybridized carbons (Fsp3) is 0.286. The Morgan fingerprint density at radius 3 is 2.83 bits per heavy atom. The summed E-state index contributed by atoms with van der Waals surface area (Å²) in [5, 5.41) is 18.0. The molecule has 0 saturated heterocycles. The molecule has 0 aliphatic carbocycles. The van der Waals surface area contributed by atoms with Crippen molar-refractivity contribution < 1.29 is 9.50 Å². The van der Waals surface area contributed by atoms with E-state index in [-0.39, 0.29) is 23.4 Å². The Hall–Kier alpha value is -2.39. The predicted molar refractivity (Wildman–Crippen MR) is 82.5 cm³/mol. The minimum absolute atomic E-state index is 0.00563. The number of hydrogen-bond acceptors (Lipinski definition) is 5. The van der Waals surface area contributed by atoms with Crippen LogP contribution in [-0.4, -0.2) is 34.6 Å². The molecule has 2 heterocycles. The number of nitrogens with one attached hydrogen (secondary N) is 1. The maximum atomic E-state index is 14.4. The van der Waals surface area contributed by atoms with E-state index >= 15 is 0 Å². The summed E-state index contributed by atoms with van der Waals surface area (Å²) < 4.78 is 17.6. The summed E-state index contributed by atoms with van der Waals surface area (Å²) in [6, 6.07) is 4.70. The van der Waals surface area contributed by atoms with Crippen LogP contribution in [0.5, 0.6) is 0 Å². The molecule has 0 aliphatic heterocycles. The smallest absolute Gasteiger partial charge is 0.215 e. The van der Waals surface area contributed by atoms with Gasteiger partial charge in [0.25, 0.3) is 0 Å². The van der Waals surface area contributed by atoms with E-state index in [2.05, 4.69) is 20.2 Å². The largest absolute Gasteiger partial charge is 0.381 e. The molecular weight excluding hydrogens is 319 g/mol. The highest BCUT2D eigenvalue weighted by Gasteiger charge is 2.34. The first-order valence-electron chi connectivity index (χ1n) is 6.89. The predicted octanol–water partition coefficient (Wildman–Crippen LogP) is 1.57. The first kappa shape index (κ1) is 15.5. The second-order valence-corrected chi connectivity index (χ2v) is 5.73. The third kappa shape index (κ3) is 3.20. The van der Waals surface area contributed by atoms with Gasteiger partial charge in [-0.3, -0.25) is 9.78 Å². The average molecular weight is 334 g/mol. The molecule has 1 unspecified atom stereocenters. The van der Waals surface area contributed by atoms with Gasteiger partial charge in [0.15, 0.2) is 0 Å². The van der Waals surface area contributed by atoms with Crippen molar-refractivity contribution in [3.05, 3.63) is 58.9 Å². The number of aromatic amines is 1. The first-order valence-corrected chi connectivity index (χ1v) is 7.30. The first-order chi connectivity index (χ1) is 11.0. The van der Waals surface area contributed by atoms with Crippen molar-refractivity contribution in [1.29, 1.82) is 0 Å². The Bertz CT molecular complexity index is 858. The molecule has 0 bridgehead atoms. The van der Waals surface area contributed by atoms with Gasteiger partial charge in [-0.1, -0.05) is 12.1 Å². The summed E-state index contributed by atoms with van der Waals surface area (Å²) in [5.74, 6) is -0.487. The SMILES string of the molecule is Cc1ccc(C(O)(Cn2cncn2)Cn2[nH]cnc2=S)c(F)c1. The van der Waals surface area contributed by atoms with Crippen LogP contribution in [0.2, 0.25) is 0 Å². The molecule has 3 aromatic rings. The fourth-order valence-corrected chi connectivity index (χ4v) is 2.62. The molecule has 0 fully saturated rings. The number of hydrogen-bond donors (Lipinski definition) is 2. The molecule has 0 aliphatic rings. The average Bonchev–Trinajstić information content (AvgIpc) is 3.11. The lowest BCUT2D eigenvalue weighted by atomic mass is 9.92. The molecule has 23 heavy (non-hydrogen) atoms. The van der Waals surface area contributed by atoms with Gasteiger partial charge in [-0.2, -0.15) is 5.10 Å². The number of aromatic nitrogens is 6. The van der Waals surface area contributed by atoms with Gasteiger partial charge >= 0.3 is 0 Å². The minimum atomic E-state index is -1.57. The van der Waals surface area contributed by atoms with Crippen LogP contribution >= 0.6 is 12.2 Å². The molecule has 2 aromatic heterocycles. The van der Waals surface area contributed by atoms with E-state index in [0.29, 0.717) is 0 Å². The zero-order valence-electron chi connectivity index (χ0n) is 12.3. The zero-order valence-corrected chi connectivity index (χ0v) is 13.2. The highest BCUT2D eigenvalue weighted by molar-refractivity contribution is 7.71. The van der Waals surface area contributed by atoms with Gasteiger partial charge in [0, 0.05) is 5.56 Å². The molecule has 0 saturated carbocycles. The summed E-state index contributed by atoms with van der Waals surface area (Å²) in [7, 11) is 0. The molecule has 120 valence electrons. The second-order valence-electron chi connectivity index (χ2n) is 5.36. The van der Waals surface area contributed by atoms with Crippen LogP contribution in [0.25, 0.3) is 0 Å². The maximum Gasteiger partial charge on any atom is 0.215 e. The van der Waals surface area contributed by atoms with Gasteiger partial charge in [-0.25, -0.2) is 19.0 Å². The Labute approximate surface area is 136 Å². The van der Waals surface area contributed by atoms with Crippen molar-refractivity contribution in [2.75, 3.05) is 0 Å². The molecule has 0 amide bonds. The van der Waals surface area contributed by atoms with Crippen molar-refractivity contribution in [3.63, 3.8) is 0 Å². The summed E-state index contributed by atoms with van der Waals surface area (Å²) in [6.07, 6.45) is 4.24. The monoisotopic (exact) mass is 334 g/mol. The third-order valence-corrected chi connectivity index (χ3v) is 3.88. The van der Waals surface area contributed by atoms with Crippen molar-refractivity contribution >= 4 is 12.2 Å². The van der Waals surface area contributed by atoms with E-state index in [9.17, 15) is 9.50 Å². The van der Waals surface area contributed by atoms with Crippen LogP contribution in [0.4, 0.5) is 4.39 Å². The lowest BCUT2D eigenvalue weighted by Crippen LogP contribution is -2.37. The van der Waals surface area contributed by atoms with Crippen LogP contribution < -0.4 is 0 Å². The number of nitrogens with zero attached hydrogens (tertiary/aromatic N) is 5. The molecule has 3 rings (SSSR count). The Morgan fingerprint density at radius 1 is 1.39 bits per heavy atom. The van der Waals surface area contributed by atoms with Crippen LogP contribution in [0.1, 0.15) is 11.1 Å². The highest BCUT2D eigenvalue weighted by Crippen LogP contribution is 2.28. The standard InChI is InChI=1S/C14H15FN6OS/c1-10-2-3-11(12(15)4-10)14(22,5-20-9-16-7-18-20)6-21-13(23)17-8-19-21/h2-4,7-9,22H,5-6H2,1H3,(H,17,19,23). The Morgan fingerprint density at radius 2 is 2.22 bits per heavy atom. The zero-order chi connectivity index (χ0) is 16.4. The van der Waals surface area contributed by atoms with Crippen LogP contribution in [0, 0.1) is 17.5 Å².